The predicted octanol–water partition coefficient (Wildman–Crippen LogP) is 3.54. The molecule has 2 heteroatoms. The van der Waals surface area contributed by atoms with Crippen molar-refractivity contribution in [3.8, 4) is 0 Å². The lowest BCUT2D eigenvalue weighted by Gasteiger charge is -2.24. The van der Waals surface area contributed by atoms with Gasteiger partial charge in [0.25, 0.3) is 0 Å². The fourth-order valence-corrected chi connectivity index (χ4v) is 2.08. The van der Waals surface area contributed by atoms with E-state index < -0.39 is 0 Å². The van der Waals surface area contributed by atoms with Gasteiger partial charge in [-0.3, -0.25) is 0 Å². The Morgan fingerprint density at radius 1 is 1.21 bits per heavy atom. The Balaban J connectivity index is 3.58. The minimum absolute atomic E-state index is 0.269. The van der Waals surface area contributed by atoms with E-state index in [-0.39, 0.29) is 5.54 Å². The maximum absolute atomic E-state index is 3.59. The van der Waals surface area contributed by atoms with Crippen LogP contribution >= 0.6 is 11.8 Å². The van der Waals surface area contributed by atoms with Crippen LogP contribution in [0.2, 0.25) is 0 Å². The summed E-state index contributed by atoms with van der Waals surface area (Å²) in [5.41, 5.74) is 0.269. The summed E-state index contributed by atoms with van der Waals surface area (Å²) in [6.07, 6.45) is 2.66. The molecule has 0 saturated heterocycles. The van der Waals surface area contributed by atoms with Gasteiger partial charge in [-0.15, -0.1) is 0 Å². The minimum atomic E-state index is 0.269. The van der Waals surface area contributed by atoms with Gasteiger partial charge in [-0.2, -0.15) is 11.8 Å². The van der Waals surface area contributed by atoms with E-state index in [1.54, 1.807) is 0 Å². The van der Waals surface area contributed by atoms with E-state index in [9.17, 15) is 0 Å². The molecule has 0 rings (SSSR count). The number of rotatable bonds is 7. The standard InChI is InChI=1S/C12H27NS/c1-6-11(8-9-14-7-2)10-13-12(3,4)5/h11,13H,6-10H2,1-5H3. The largest absolute Gasteiger partial charge is 0.312 e. The van der Waals surface area contributed by atoms with Crippen LogP contribution in [0.15, 0.2) is 0 Å². The van der Waals surface area contributed by atoms with E-state index in [4.69, 9.17) is 0 Å². The Kier molecular flexibility index (Phi) is 7.75. The summed E-state index contributed by atoms with van der Waals surface area (Å²) < 4.78 is 0. The molecule has 1 unspecified atom stereocenters. The molecule has 1 nitrogen and oxygen atoms in total. The molecule has 0 aromatic carbocycles. The molecule has 0 saturated carbocycles. The van der Waals surface area contributed by atoms with Gasteiger partial charge in [0.05, 0.1) is 0 Å². The van der Waals surface area contributed by atoms with Crippen molar-refractivity contribution in [1.29, 1.82) is 0 Å². The summed E-state index contributed by atoms with van der Waals surface area (Å²) in [5, 5.41) is 3.59. The molecule has 0 aliphatic rings. The zero-order chi connectivity index (χ0) is 11.0. The van der Waals surface area contributed by atoms with Crippen LogP contribution in [0.5, 0.6) is 0 Å². The van der Waals surface area contributed by atoms with Crippen LogP contribution in [0.1, 0.15) is 47.5 Å². The molecule has 0 aliphatic carbocycles. The minimum Gasteiger partial charge on any atom is -0.312 e. The predicted molar refractivity (Wildman–Crippen MR) is 69.2 cm³/mol. The molecule has 1 atom stereocenters. The second kappa shape index (κ2) is 7.58. The normalized spacial score (nSPS) is 14.4. The molecule has 14 heavy (non-hydrogen) atoms. The van der Waals surface area contributed by atoms with E-state index in [2.05, 4.69) is 51.7 Å². The average Bonchev–Trinajstić information content (AvgIpc) is 2.09. The lowest BCUT2D eigenvalue weighted by Crippen LogP contribution is -2.39. The smallest absolute Gasteiger partial charge is 0.00966 e. The number of thioether (sulfide) groups is 1. The topological polar surface area (TPSA) is 12.0 Å². The first-order valence-corrected chi connectivity index (χ1v) is 6.97. The van der Waals surface area contributed by atoms with Crippen LogP contribution < -0.4 is 5.32 Å². The van der Waals surface area contributed by atoms with Crippen LogP contribution in [0, 0.1) is 5.92 Å². The molecular weight excluding hydrogens is 190 g/mol. The van der Waals surface area contributed by atoms with E-state index in [0.29, 0.717) is 0 Å². The Labute approximate surface area is 94.4 Å². The Morgan fingerprint density at radius 3 is 2.29 bits per heavy atom. The van der Waals surface area contributed by atoms with Crippen molar-refractivity contribution in [3.05, 3.63) is 0 Å². The van der Waals surface area contributed by atoms with Crippen molar-refractivity contribution in [3.63, 3.8) is 0 Å². The van der Waals surface area contributed by atoms with E-state index in [1.807, 2.05) is 0 Å². The van der Waals surface area contributed by atoms with Gasteiger partial charge in [0.15, 0.2) is 0 Å². The molecule has 0 radical (unpaired) electrons. The van der Waals surface area contributed by atoms with E-state index in [0.717, 1.165) is 5.92 Å². The third kappa shape index (κ3) is 8.89. The highest BCUT2D eigenvalue weighted by Gasteiger charge is 2.12. The van der Waals surface area contributed by atoms with Gasteiger partial charge < -0.3 is 5.32 Å². The highest BCUT2D eigenvalue weighted by molar-refractivity contribution is 7.99. The summed E-state index contributed by atoms with van der Waals surface area (Å²) in [5.74, 6) is 3.43. The summed E-state index contributed by atoms with van der Waals surface area (Å²) in [7, 11) is 0. The molecule has 1 N–H and O–H groups in total. The first-order valence-electron chi connectivity index (χ1n) is 5.82. The third-order valence-corrected chi connectivity index (χ3v) is 3.31. The van der Waals surface area contributed by atoms with Crippen molar-refractivity contribution < 1.29 is 0 Å². The number of nitrogens with one attached hydrogen (secondary N) is 1. The molecule has 0 spiro atoms. The summed E-state index contributed by atoms with van der Waals surface area (Å²) in [4.78, 5) is 0. The van der Waals surface area contributed by atoms with Crippen LogP contribution in [-0.4, -0.2) is 23.6 Å². The molecule has 0 fully saturated rings. The zero-order valence-corrected chi connectivity index (χ0v) is 11.3. The zero-order valence-electron chi connectivity index (χ0n) is 10.5. The van der Waals surface area contributed by atoms with Gasteiger partial charge in [-0.1, -0.05) is 20.3 Å². The highest BCUT2D eigenvalue weighted by Crippen LogP contribution is 2.13. The fourth-order valence-electron chi connectivity index (χ4n) is 1.30. The molecule has 86 valence electrons. The van der Waals surface area contributed by atoms with Gasteiger partial charge in [0, 0.05) is 5.54 Å². The molecule has 0 amide bonds. The number of hydrogen-bond acceptors (Lipinski definition) is 2. The Morgan fingerprint density at radius 2 is 1.86 bits per heavy atom. The van der Waals surface area contributed by atoms with Crippen molar-refractivity contribution >= 4 is 11.8 Å². The van der Waals surface area contributed by atoms with Crippen LogP contribution in [0.25, 0.3) is 0 Å². The van der Waals surface area contributed by atoms with Crippen LogP contribution in [-0.2, 0) is 0 Å². The van der Waals surface area contributed by atoms with Gasteiger partial charge in [0.2, 0.25) is 0 Å². The Bertz CT molecular complexity index is 129. The van der Waals surface area contributed by atoms with Crippen LogP contribution in [0.3, 0.4) is 0 Å². The Hall–Kier alpha value is 0.310. The average molecular weight is 217 g/mol. The van der Waals surface area contributed by atoms with Gasteiger partial charge >= 0.3 is 0 Å². The molecular formula is C12H27NS. The maximum atomic E-state index is 3.59. The monoisotopic (exact) mass is 217 g/mol. The lowest BCUT2D eigenvalue weighted by molar-refractivity contribution is 0.360. The fraction of sp³-hybridized carbons (Fsp3) is 1.00. The van der Waals surface area contributed by atoms with Crippen molar-refractivity contribution in [2.24, 2.45) is 5.92 Å². The summed E-state index contributed by atoms with van der Waals surface area (Å²) in [6.45, 7) is 12.4. The SMILES string of the molecule is CCSCCC(CC)CNC(C)(C)C. The van der Waals surface area contributed by atoms with Crippen LogP contribution in [0.4, 0.5) is 0 Å². The summed E-state index contributed by atoms with van der Waals surface area (Å²) >= 11 is 2.06. The molecule has 0 bridgehead atoms. The third-order valence-electron chi connectivity index (χ3n) is 2.37. The van der Waals surface area contributed by atoms with Crippen molar-refractivity contribution in [1.82, 2.24) is 5.32 Å². The summed E-state index contributed by atoms with van der Waals surface area (Å²) in [6, 6.07) is 0. The van der Waals surface area contributed by atoms with Gasteiger partial charge in [-0.05, 0) is 51.2 Å². The molecule has 0 aromatic rings. The van der Waals surface area contributed by atoms with Gasteiger partial charge in [-0.25, -0.2) is 0 Å². The van der Waals surface area contributed by atoms with Gasteiger partial charge in [0.1, 0.15) is 0 Å². The number of hydrogen-bond donors (Lipinski definition) is 1. The second-order valence-electron chi connectivity index (χ2n) is 4.89. The second-order valence-corrected chi connectivity index (χ2v) is 6.28. The molecule has 0 aliphatic heterocycles. The molecule has 0 aromatic heterocycles. The molecule has 0 heterocycles. The lowest BCUT2D eigenvalue weighted by atomic mass is 10.0. The quantitative estimate of drug-likeness (QED) is 0.655. The van der Waals surface area contributed by atoms with Crippen molar-refractivity contribution in [2.45, 2.75) is 53.0 Å². The van der Waals surface area contributed by atoms with E-state index in [1.165, 1.54) is 30.9 Å². The van der Waals surface area contributed by atoms with Crippen molar-refractivity contribution in [2.75, 3.05) is 18.1 Å². The first-order chi connectivity index (χ1) is 6.49. The first kappa shape index (κ1) is 14.3. The maximum Gasteiger partial charge on any atom is 0.00966 e. The van der Waals surface area contributed by atoms with E-state index >= 15 is 0 Å². The highest BCUT2D eigenvalue weighted by atomic mass is 32.2.